The van der Waals surface area contributed by atoms with Gasteiger partial charge in [-0.15, -0.1) is 0 Å². The van der Waals surface area contributed by atoms with Crippen LogP contribution in [0.2, 0.25) is 0 Å². The quantitative estimate of drug-likeness (QED) is 0.700. The van der Waals surface area contributed by atoms with Gasteiger partial charge in [-0.25, -0.2) is 4.98 Å². The fourth-order valence-electron chi connectivity index (χ4n) is 2.60. The zero-order valence-electron chi connectivity index (χ0n) is 9.12. The molecular weight excluding hydrogens is 186 g/mol. The standard InChI is InChI=1S/C12H15N3/c1-7-3-8(2)11-9(4-7)6-15-12(14)10(11)5-13/h6-8H,3-4H2,1-2H3,(H2,14,15). The lowest BCUT2D eigenvalue weighted by Crippen LogP contribution is -2.17. The van der Waals surface area contributed by atoms with E-state index < -0.39 is 0 Å². The molecule has 1 heterocycles. The summed E-state index contributed by atoms with van der Waals surface area (Å²) in [5.41, 5.74) is 8.64. The van der Waals surface area contributed by atoms with E-state index in [9.17, 15) is 0 Å². The number of nitrogens with zero attached hydrogens (tertiary/aromatic N) is 2. The smallest absolute Gasteiger partial charge is 0.141 e. The SMILES string of the molecule is CC1Cc2cnc(N)c(C#N)c2C(C)C1. The number of nitriles is 1. The molecule has 1 aliphatic carbocycles. The van der Waals surface area contributed by atoms with Gasteiger partial charge in [0, 0.05) is 6.20 Å². The number of rotatable bonds is 0. The molecule has 1 aromatic rings. The van der Waals surface area contributed by atoms with Gasteiger partial charge in [-0.3, -0.25) is 0 Å². The maximum atomic E-state index is 9.09. The van der Waals surface area contributed by atoms with Gasteiger partial charge in [-0.2, -0.15) is 5.26 Å². The number of anilines is 1. The summed E-state index contributed by atoms with van der Waals surface area (Å²) >= 11 is 0. The minimum absolute atomic E-state index is 0.373. The number of aromatic nitrogens is 1. The van der Waals surface area contributed by atoms with E-state index in [2.05, 4.69) is 24.9 Å². The number of fused-ring (bicyclic) bond motifs is 1. The minimum atomic E-state index is 0.373. The van der Waals surface area contributed by atoms with Crippen molar-refractivity contribution >= 4 is 5.82 Å². The first-order valence-electron chi connectivity index (χ1n) is 5.30. The second-order valence-corrected chi connectivity index (χ2v) is 4.52. The molecule has 0 aliphatic heterocycles. The highest BCUT2D eigenvalue weighted by molar-refractivity contribution is 5.57. The first-order chi connectivity index (χ1) is 7.13. The fraction of sp³-hybridized carbons (Fsp3) is 0.500. The van der Waals surface area contributed by atoms with Crippen molar-refractivity contribution in [1.29, 1.82) is 5.26 Å². The maximum Gasteiger partial charge on any atom is 0.141 e. The van der Waals surface area contributed by atoms with Gasteiger partial charge >= 0.3 is 0 Å². The molecule has 1 aromatic heterocycles. The summed E-state index contributed by atoms with van der Waals surface area (Å²) in [6.07, 6.45) is 3.98. The molecule has 3 heteroatoms. The summed E-state index contributed by atoms with van der Waals surface area (Å²) in [4.78, 5) is 4.09. The molecule has 2 rings (SSSR count). The van der Waals surface area contributed by atoms with E-state index in [0.29, 0.717) is 23.2 Å². The summed E-state index contributed by atoms with van der Waals surface area (Å²) in [5.74, 6) is 1.46. The van der Waals surface area contributed by atoms with Crippen molar-refractivity contribution in [3.63, 3.8) is 0 Å². The average molecular weight is 201 g/mol. The van der Waals surface area contributed by atoms with Crippen molar-refractivity contribution in [2.24, 2.45) is 5.92 Å². The van der Waals surface area contributed by atoms with Gasteiger partial charge in [0.1, 0.15) is 11.9 Å². The maximum absolute atomic E-state index is 9.09. The number of pyridine rings is 1. The molecule has 0 aromatic carbocycles. The Hall–Kier alpha value is -1.56. The van der Waals surface area contributed by atoms with Crippen molar-refractivity contribution < 1.29 is 0 Å². The molecule has 2 atom stereocenters. The Morgan fingerprint density at radius 3 is 2.93 bits per heavy atom. The van der Waals surface area contributed by atoms with E-state index in [0.717, 1.165) is 18.4 Å². The average Bonchev–Trinajstić information content (AvgIpc) is 2.18. The van der Waals surface area contributed by atoms with Crippen LogP contribution in [0.3, 0.4) is 0 Å². The van der Waals surface area contributed by atoms with E-state index in [1.165, 1.54) is 5.56 Å². The predicted octanol–water partition coefficient (Wildman–Crippen LogP) is 2.22. The zero-order valence-corrected chi connectivity index (χ0v) is 9.12. The van der Waals surface area contributed by atoms with Gasteiger partial charge in [-0.1, -0.05) is 13.8 Å². The van der Waals surface area contributed by atoms with Crippen molar-refractivity contribution in [3.05, 3.63) is 22.9 Å². The Bertz CT molecular complexity index is 431. The van der Waals surface area contributed by atoms with Crippen molar-refractivity contribution in [1.82, 2.24) is 4.98 Å². The summed E-state index contributed by atoms with van der Waals surface area (Å²) in [6.45, 7) is 4.40. The third-order valence-electron chi connectivity index (χ3n) is 3.16. The highest BCUT2D eigenvalue weighted by Crippen LogP contribution is 2.37. The highest BCUT2D eigenvalue weighted by Gasteiger charge is 2.25. The Balaban J connectivity index is 2.61. The molecular formula is C12H15N3. The Labute approximate surface area is 89.9 Å². The largest absolute Gasteiger partial charge is 0.383 e. The molecule has 2 unspecified atom stereocenters. The molecule has 78 valence electrons. The monoisotopic (exact) mass is 201 g/mol. The van der Waals surface area contributed by atoms with Gasteiger partial charge in [0.2, 0.25) is 0 Å². The fourth-order valence-corrected chi connectivity index (χ4v) is 2.60. The molecule has 15 heavy (non-hydrogen) atoms. The molecule has 0 spiro atoms. The predicted molar refractivity (Wildman–Crippen MR) is 59.3 cm³/mol. The Morgan fingerprint density at radius 2 is 2.27 bits per heavy atom. The molecule has 3 nitrogen and oxygen atoms in total. The van der Waals surface area contributed by atoms with Crippen LogP contribution in [0.4, 0.5) is 5.82 Å². The first kappa shape index (κ1) is 9.97. The Morgan fingerprint density at radius 1 is 1.53 bits per heavy atom. The van der Waals surface area contributed by atoms with Gasteiger partial charge in [-0.05, 0) is 35.8 Å². The number of hydrogen-bond acceptors (Lipinski definition) is 3. The third kappa shape index (κ3) is 1.56. The molecule has 0 saturated carbocycles. The van der Waals surface area contributed by atoms with Crippen LogP contribution in [0.15, 0.2) is 6.20 Å². The molecule has 0 saturated heterocycles. The van der Waals surface area contributed by atoms with E-state index in [4.69, 9.17) is 11.0 Å². The van der Waals surface area contributed by atoms with Gasteiger partial charge in [0.05, 0.1) is 5.56 Å². The highest BCUT2D eigenvalue weighted by atomic mass is 14.8. The molecule has 2 N–H and O–H groups in total. The van der Waals surface area contributed by atoms with E-state index >= 15 is 0 Å². The third-order valence-corrected chi connectivity index (χ3v) is 3.16. The molecule has 0 amide bonds. The van der Waals surface area contributed by atoms with Crippen LogP contribution < -0.4 is 5.73 Å². The van der Waals surface area contributed by atoms with Gasteiger partial charge in [0.25, 0.3) is 0 Å². The van der Waals surface area contributed by atoms with Crippen LogP contribution in [0.25, 0.3) is 0 Å². The van der Waals surface area contributed by atoms with E-state index in [-0.39, 0.29) is 0 Å². The van der Waals surface area contributed by atoms with Crippen molar-refractivity contribution in [2.45, 2.75) is 32.6 Å². The van der Waals surface area contributed by atoms with Gasteiger partial charge < -0.3 is 5.73 Å². The first-order valence-corrected chi connectivity index (χ1v) is 5.30. The zero-order chi connectivity index (χ0) is 11.0. The lowest BCUT2D eigenvalue weighted by molar-refractivity contribution is 0.448. The summed E-state index contributed by atoms with van der Waals surface area (Å²) in [5, 5.41) is 9.09. The molecule has 0 fully saturated rings. The number of nitrogen functional groups attached to an aromatic ring is 1. The lowest BCUT2D eigenvalue weighted by atomic mass is 9.77. The van der Waals surface area contributed by atoms with Crippen LogP contribution in [0.1, 0.15) is 42.9 Å². The molecule has 0 radical (unpaired) electrons. The van der Waals surface area contributed by atoms with Crippen LogP contribution in [-0.2, 0) is 6.42 Å². The topological polar surface area (TPSA) is 62.7 Å². The second-order valence-electron chi connectivity index (χ2n) is 4.52. The lowest BCUT2D eigenvalue weighted by Gasteiger charge is -2.28. The van der Waals surface area contributed by atoms with Crippen molar-refractivity contribution in [3.8, 4) is 6.07 Å². The summed E-state index contributed by atoms with van der Waals surface area (Å²) in [7, 11) is 0. The Kier molecular flexibility index (Phi) is 2.36. The normalized spacial score (nSPS) is 24.3. The van der Waals surface area contributed by atoms with Crippen molar-refractivity contribution in [2.75, 3.05) is 5.73 Å². The number of hydrogen-bond donors (Lipinski definition) is 1. The van der Waals surface area contributed by atoms with Crippen LogP contribution in [0.5, 0.6) is 0 Å². The van der Waals surface area contributed by atoms with Crippen LogP contribution in [0, 0.1) is 17.2 Å². The second kappa shape index (κ2) is 3.54. The summed E-state index contributed by atoms with van der Waals surface area (Å²) in [6, 6.07) is 2.18. The van der Waals surface area contributed by atoms with E-state index in [1.807, 2.05) is 6.20 Å². The minimum Gasteiger partial charge on any atom is -0.383 e. The molecule has 1 aliphatic rings. The molecule has 0 bridgehead atoms. The summed E-state index contributed by atoms with van der Waals surface area (Å²) < 4.78 is 0. The van der Waals surface area contributed by atoms with Crippen LogP contribution >= 0.6 is 0 Å². The number of nitrogens with two attached hydrogens (primary N) is 1. The van der Waals surface area contributed by atoms with E-state index in [1.54, 1.807) is 0 Å². The van der Waals surface area contributed by atoms with Gasteiger partial charge in [0.15, 0.2) is 0 Å². The van der Waals surface area contributed by atoms with Crippen LogP contribution in [-0.4, -0.2) is 4.98 Å².